The van der Waals surface area contributed by atoms with E-state index < -0.39 is 29.5 Å². The molecule has 17 heteroatoms. The number of benzene rings is 2. The Balaban J connectivity index is 0.000000705. The van der Waals surface area contributed by atoms with Crippen molar-refractivity contribution in [2.45, 2.75) is 70.1 Å². The molecule has 1 saturated carbocycles. The predicted molar refractivity (Wildman–Crippen MR) is 182 cm³/mol. The highest BCUT2D eigenvalue weighted by Gasteiger charge is 2.40. The van der Waals surface area contributed by atoms with Gasteiger partial charge in [-0.1, -0.05) is 18.2 Å². The van der Waals surface area contributed by atoms with Gasteiger partial charge in [-0.15, -0.1) is 0 Å². The Kier molecular flexibility index (Phi) is 11.9. The lowest BCUT2D eigenvalue weighted by molar-refractivity contribution is -0.192. The van der Waals surface area contributed by atoms with E-state index in [1.165, 1.54) is 18.5 Å². The molecule has 288 valence electrons. The summed E-state index contributed by atoms with van der Waals surface area (Å²) in [5, 5.41) is 16.8. The van der Waals surface area contributed by atoms with Crippen LogP contribution in [-0.4, -0.2) is 100.0 Å². The third kappa shape index (κ3) is 10.2. The van der Waals surface area contributed by atoms with Crippen LogP contribution in [0, 0.1) is 5.92 Å². The minimum atomic E-state index is -5.08. The first-order chi connectivity index (χ1) is 24.9. The van der Waals surface area contributed by atoms with Gasteiger partial charge in [0.25, 0.3) is 5.91 Å². The summed E-state index contributed by atoms with van der Waals surface area (Å²) in [7, 11) is 0. The Bertz CT molecular complexity index is 1740. The van der Waals surface area contributed by atoms with Crippen LogP contribution in [0.3, 0.4) is 0 Å². The third-order valence-corrected chi connectivity index (χ3v) is 9.31. The Morgan fingerprint density at radius 3 is 2.28 bits per heavy atom. The maximum Gasteiger partial charge on any atom is 0.490 e. The number of hydrogen-bond donors (Lipinski definition) is 3. The molecule has 2 aromatic carbocycles. The molecule has 1 aromatic heterocycles. The number of carboxylic acid groups (broad SMARTS) is 1. The Morgan fingerprint density at radius 2 is 1.68 bits per heavy atom. The van der Waals surface area contributed by atoms with Crippen LogP contribution in [0.4, 0.5) is 32.0 Å². The summed E-state index contributed by atoms with van der Waals surface area (Å²) in [6.45, 7) is 7.79. The molecule has 3 fully saturated rings. The van der Waals surface area contributed by atoms with Gasteiger partial charge >= 0.3 is 18.3 Å². The largest absolute Gasteiger partial charge is 0.490 e. The number of halogens is 6. The van der Waals surface area contributed by atoms with E-state index in [1.54, 1.807) is 24.8 Å². The standard InChI is InChI=1S/C34H41F3N6O3.C2HF3O2/c1-33(2,32(45)41-15-12-38-13-16-41)46-28-7-3-6-27(18-28)42-14-4-5-24(22-42)31(44)43(26-9-10-26)21-23-8-11-29(25-19-39-40-20-25)30(17-23)34(35,36)37;3-2(4,5)1(6)7/h3,6-8,11,17-20,24,26,38H,4-5,9-10,12-16,21-22H2,1-2H3,(H,39,40);(H,6,7). The number of nitrogens with zero attached hydrogens (tertiary/aromatic N) is 4. The summed E-state index contributed by atoms with van der Waals surface area (Å²) >= 11 is 0. The van der Waals surface area contributed by atoms with Crippen LogP contribution < -0.4 is 15.0 Å². The molecule has 0 spiro atoms. The van der Waals surface area contributed by atoms with Gasteiger partial charge in [-0.2, -0.15) is 31.4 Å². The van der Waals surface area contributed by atoms with Gasteiger partial charge in [-0.3, -0.25) is 14.7 Å². The average Bonchev–Trinajstić information content (AvgIpc) is 3.82. The van der Waals surface area contributed by atoms with Crippen molar-refractivity contribution >= 4 is 23.5 Å². The first-order valence-corrected chi connectivity index (χ1v) is 17.3. The lowest BCUT2D eigenvalue weighted by Crippen LogP contribution is -2.54. The van der Waals surface area contributed by atoms with Gasteiger partial charge in [0.05, 0.1) is 17.7 Å². The number of anilines is 1. The molecule has 3 N–H and O–H groups in total. The third-order valence-electron chi connectivity index (χ3n) is 9.31. The maximum atomic E-state index is 14.1. The molecule has 1 unspecified atom stereocenters. The quantitative estimate of drug-likeness (QED) is 0.237. The van der Waals surface area contributed by atoms with E-state index >= 15 is 0 Å². The minimum Gasteiger partial charge on any atom is -0.478 e. The number of ether oxygens (including phenoxy) is 1. The van der Waals surface area contributed by atoms with E-state index in [0.29, 0.717) is 42.9 Å². The van der Waals surface area contributed by atoms with Crippen molar-refractivity contribution in [3.8, 4) is 16.9 Å². The van der Waals surface area contributed by atoms with Crippen LogP contribution in [0.5, 0.6) is 5.75 Å². The van der Waals surface area contributed by atoms with Gasteiger partial charge in [0.2, 0.25) is 5.91 Å². The molecule has 11 nitrogen and oxygen atoms in total. The number of piperazine rings is 1. The molecule has 3 aliphatic rings. The van der Waals surface area contributed by atoms with Crippen LogP contribution >= 0.6 is 0 Å². The summed E-state index contributed by atoms with van der Waals surface area (Å²) < 4.78 is 80.2. The molecular formula is C36H42F6N6O5. The number of carboxylic acids is 1. The number of carbonyl (C=O) groups excluding carboxylic acids is 2. The van der Waals surface area contributed by atoms with Crippen molar-refractivity contribution in [2.75, 3.05) is 44.2 Å². The number of nitrogens with one attached hydrogen (secondary N) is 2. The number of aromatic amines is 1. The van der Waals surface area contributed by atoms with Gasteiger partial charge in [-0.25, -0.2) is 4.79 Å². The highest BCUT2D eigenvalue weighted by Crippen LogP contribution is 2.39. The fourth-order valence-electron chi connectivity index (χ4n) is 6.52. The van der Waals surface area contributed by atoms with Gasteiger partial charge in [-0.05, 0) is 68.9 Å². The first kappa shape index (κ1) is 39.4. The molecule has 3 aromatic rings. The topological polar surface area (TPSA) is 131 Å². The molecule has 0 bridgehead atoms. The van der Waals surface area contributed by atoms with Crippen molar-refractivity contribution in [1.82, 2.24) is 25.3 Å². The molecule has 6 rings (SSSR count). The molecule has 1 aliphatic carbocycles. The molecule has 0 radical (unpaired) electrons. The summed E-state index contributed by atoms with van der Waals surface area (Å²) in [5.41, 5.74) is 0.00119. The van der Waals surface area contributed by atoms with Crippen LogP contribution in [0.2, 0.25) is 0 Å². The normalized spacial score (nSPS) is 18.2. The average molecular weight is 753 g/mol. The number of alkyl halides is 6. The minimum absolute atomic E-state index is 0.0187. The van der Waals surface area contributed by atoms with E-state index in [4.69, 9.17) is 14.6 Å². The summed E-state index contributed by atoms with van der Waals surface area (Å²) in [5.74, 6) is -2.53. The van der Waals surface area contributed by atoms with E-state index in [2.05, 4.69) is 20.4 Å². The second-order valence-electron chi connectivity index (χ2n) is 13.8. The zero-order valence-electron chi connectivity index (χ0n) is 29.3. The fraction of sp³-hybridized carbons (Fsp3) is 0.500. The Morgan fingerprint density at radius 1 is 0.981 bits per heavy atom. The number of rotatable bonds is 9. The Labute approximate surface area is 302 Å². The summed E-state index contributed by atoms with van der Waals surface area (Å²) in [4.78, 5) is 41.8. The number of hydrogen-bond acceptors (Lipinski definition) is 7. The monoisotopic (exact) mass is 752 g/mol. The second kappa shape index (κ2) is 16.1. The SMILES string of the molecule is CC(C)(Oc1cccc(N2CCCC(C(=O)N(Cc3ccc(-c4cn[nH]c4)c(C(F)(F)F)c3)C3CC3)C2)c1)C(=O)N1CCNCC1.O=C(O)C(F)(F)F. The van der Waals surface area contributed by atoms with E-state index in [-0.39, 0.29) is 35.9 Å². The number of carbonyl (C=O) groups is 3. The highest BCUT2D eigenvalue weighted by molar-refractivity contribution is 5.85. The van der Waals surface area contributed by atoms with Gasteiger partial charge in [0.1, 0.15) is 5.75 Å². The van der Waals surface area contributed by atoms with Crippen LogP contribution in [0.25, 0.3) is 11.1 Å². The van der Waals surface area contributed by atoms with Crippen molar-refractivity contribution in [3.05, 3.63) is 66.0 Å². The summed E-state index contributed by atoms with van der Waals surface area (Å²) in [6.07, 6.45) is -3.60. The van der Waals surface area contributed by atoms with Gasteiger partial charge in [0, 0.05) is 75.4 Å². The highest BCUT2D eigenvalue weighted by atomic mass is 19.4. The van der Waals surface area contributed by atoms with Gasteiger partial charge in [0.15, 0.2) is 5.60 Å². The van der Waals surface area contributed by atoms with Crippen LogP contribution in [0.15, 0.2) is 54.9 Å². The van der Waals surface area contributed by atoms with Crippen molar-refractivity contribution < 1.29 is 50.6 Å². The molecular weight excluding hydrogens is 710 g/mol. The molecule has 1 atom stereocenters. The molecule has 2 amide bonds. The van der Waals surface area contributed by atoms with E-state index in [0.717, 1.165) is 50.7 Å². The molecule has 2 aliphatic heterocycles. The van der Waals surface area contributed by atoms with Crippen molar-refractivity contribution in [3.63, 3.8) is 0 Å². The van der Waals surface area contributed by atoms with Crippen molar-refractivity contribution in [1.29, 1.82) is 0 Å². The second-order valence-corrected chi connectivity index (χ2v) is 13.8. The zero-order valence-corrected chi connectivity index (χ0v) is 29.3. The maximum absolute atomic E-state index is 14.1. The smallest absolute Gasteiger partial charge is 0.478 e. The number of aromatic nitrogens is 2. The Hall–Kier alpha value is -4.80. The fourth-order valence-corrected chi connectivity index (χ4v) is 6.52. The number of amides is 2. The van der Waals surface area contributed by atoms with Crippen LogP contribution in [0.1, 0.15) is 50.7 Å². The van der Waals surface area contributed by atoms with Crippen LogP contribution in [-0.2, 0) is 27.1 Å². The summed E-state index contributed by atoms with van der Waals surface area (Å²) in [6, 6.07) is 12.0. The first-order valence-electron chi connectivity index (χ1n) is 17.3. The molecule has 2 saturated heterocycles. The lowest BCUT2D eigenvalue weighted by Gasteiger charge is -2.37. The van der Waals surface area contributed by atoms with E-state index in [1.807, 2.05) is 29.2 Å². The number of aliphatic carboxylic acids is 1. The van der Waals surface area contributed by atoms with Gasteiger partial charge < -0.3 is 29.9 Å². The lowest BCUT2D eigenvalue weighted by atomic mass is 9.95. The predicted octanol–water partition coefficient (Wildman–Crippen LogP) is 5.73. The molecule has 3 heterocycles. The molecule has 53 heavy (non-hydrogen) atoms. The van der Waals surface area contributed by atoms with E-state index in [9.17, 15) is 35.9 Å². The van der Waals surface area contributed by atoms with Crippen molar-refractivity contribution in [2.24, 2.45) is 5.92 Å². The zero-order chi connectivity index (χ0) is 38.6. The number of piperidine rings is 1. The number of H-pyrrole nitrogens is 1.